The largest absolute Gasteiger partial charge is 0.497 e. The van der Waals surface area contributed by atoms with Crippen LogP contribution in [0.5, 0.6) is 5.75 Å². The van der Waals surface area contributed by atoms with Gasteiger partial charge in [0.1, 0.15) is 11.5 Å². The molecule has 0 atom stereocenters. The molecule has 0 fully saturated rings. The second-order valence-electron chi connectivity index (χ2n) is 5.05. The molecule has 0 bridgehead atoms. The number of thioether (sulfide) groups is 1. The topological polar surface area (TPSA) is 51.5 Å². The van der Waals surface area contributed by atoms with E-state index in [-0.39, 0.29) is 5.91 Å². The van der Waals surface area contributed by atoms with Gasteiger partial charge in [-0.15, -0.1) is 11.8 Å². The predicted octanol–water partition coefficient (Wildman–Crippen LogP) is 4.83. The standard InChI is InChI=1S/C19H17NO3S/c1-22-15-9-7-14(8-10-15)20-19(21)18-12-11-16(23-18)13-24-17-5-3-2-4-6-17/h2-12H,13H2,1H3,(H,20,21). The van der Waals surface area contributed by atoms with Crippen LogP contribution >= 0.6 is 11.8 Å². The molecule has 0 saturated carbocycles. The Kier molecular flexibility index (Phi) is 5.23. The lowest BCUT2D eigenvalue weighted by Crippen LogP contribution is -2.10. The third-order valence-corrected chi connectivity index (χ3v) is 4.39. The molecule has 1 N–H and O–H groups in total. The zero-order valence-corrected chi connectivity index (χ0v) is 14.0. The van der Waals surface area contributed by atoms with E-state index in [1.54, 1.807) is 49.2 Å². The quantitative estimate of drug-likeness (QED) is 0.653. The average molecular weight is 339 g/mol. The van der Waals surface area contributed by atoms with Crippen LogP contribution in [0.1, 0.15) is 16.3 Å². The summed E-state index contributed by atoms with van der Waals surface area (Å²) in [5.41, 5.74) is 0.692. The van der Waals surface area contributed by atoms with E-state index in [0.717, 1.165) is 16.4 Å². The minimum absolute atomic E-state index is 0.267. The van der Waals surface area contributed by atoms with Gasteiger partial charge >= 0.3 is 0 Å². The minimum Gasteiger partial charge on any atom is -0.497 e. The Balaban J connectivity index is 1.58. The number of hydrogen-bond acceptors (Lipinski definition) is 4. The fourth-order valence-corrected chi connectivity index (χ4v) is 2.93. The van der Waals surface area contributed by atoms with E-state index < -0.39 is 0 Å². The molecule has 0 spiro atoms. The average Bonchev–Trinajstić information content (AvgIpc) is 3.11. The first-order chi connectivity index (χ1) is 11.7. The van der Waals surface area contributed by atoms with Gasteiger partial charge in [-0.1, -0.05) is 18.2 Å². The number of methoxy groups -OCH3 is 1. The summed E-state index contributed by atoms with van der Waals surface area (Å²) in [7, 11) is 1.60. The molecule has 4 nitrogen and oxygen atoms in total. The molecule has 2 aromatic carbocycles. The van der Waals surface area contributed by atoms with Gasteiger partial charge in [-0.05, 0) is 48.5 Å². The third-order valence-electron chi connectivity index (χ3n) is 3.36. The second kappa shape index (κ2) is 7.75. The summed E-state index contributed by atoms with van der Waals surface area (Å²) in [4.78, 5) is 13.4. The van der Waals surface area contributed by atoms with Gasteiger partial charge in [0.25, 0.3) is 5.91 Å². The maximum atomic E-state index is 12.2. The van der Waals surface area contributed by atoms with E-state index in [0.29, 0.717) is 17.2 Å². The highest BCUT2D eigenvalue weighted by atomic mass is 32.2. The Bertz CT molecular complexity index is 797. The van der Waals surface area contributed by atoms with Crippen LogP contribution in [0.25, 0.3) is 0 Å². The fourth-order valence-electron chi connectivity index (χ4n) is 2.12. The Morgan fingerprint density at radius 3 is 2.50 bits per heavy atom. The molecule has 122 valence electrons. The second-order valence-corrected chi connectivity index (χ2v) is 6.10. The van der Waals surface area contributed by atoms with Crippen LogP contribution in [-0.4, -0.2) is 13.0 Å². The fraction of sp³-hybridized carbons (Fsp3) is 0.105. The molecule has 5 heteroatoms. The van der Waals surface area contributed by atoms with E-state index in [9.17, 15) is 4.79 Å². The van der Waals surface area contributed by atoms with E-state index in [1.807, 2.05) is 36.4 Å². The maximum Gasteiger partial charge on any atom is 0.291 e. The molecule has 24 heavy (non-hydrogen) atoms. The van der Waals surface area contributed by atoms with Gasteiger partial charge in [0.2, 0.25) is 0 Å². The zero-order chi connectivity index (χ0) is 16.8. The van der Waals surface area contributed by atoms with Crippen molar-refractivity contribution in [2.24, 2.45) is 0 Å². The number of carbonyl (C=O) groups excluding carboxylic acids is 1. The monoisotopic (exact) mass is 339 g/mol. The first-order valence-electron chi connectivity index (χ1n) is 7.46. The molecular weight excluding hydrogens is 322 g/mol. The van der Waals surface area contributed by atoms with Crippen molar-refractivity contribution in [3.63, 3.8) is 0 Å². The normalized spacial score (nSPS) is 10.4. The van der Waals surface area contributed by atoms with Crippen molar-refractivity contribution in [1.29, 1.82) is 0 Å². The molecule has 1 amide bonds. The smallest absolute Gasteiger partial charge is 0.291 e. The Labute approximate surface area is 144 Å². The van der Waals surface area contributed by atoms with Crippen LogP contribution in [0.3, 0.4) is 0 Å². The number of hydrogen-bond donors (Lipinski definition) is 1. The summed E-state index contributed by atoms with van der Waals surface area (Å²) in [5, 5.41) is 2.80. The van der Waals surface area contributed by atoms with Gasteiger partial charge in [0, 0.05) is 10.6 Å². The number of anilines is 1. The molecule has 0 aliphatic heterocycles. The van der Waals surface area contributed by atoms with Gasteiger partial charge < -0.3 is 14.5 Å². The Hall–Kier alpha value is -2.66. The lowest BCUT2D eigenvalue weighted by molar-refractivity contribution is 0.0995. The summed E-state index contributed by atoms with van der Waals surface area (Å²) in [6.45, 7) is 0. The SMILES string of the molecule is COc1ccc(NC(=O)c2ccc(CSc3ccccc3)o2)cc1. The third kappa shape index (κ3) is 4.20. The molecule has 0 saturated heterocycles. The van der Waals surface area contributed by atoms with Gasteiger partial charge in [-0.25, -0.2) is 0 Å². The number of carbonyl (C=O) groups is 1. The molecular formula is C19H17NO3S. The highest BCUT2D eigenvalue weighted by Crippen LogP contribution is 2.24. The van der Waals surface area contributed by atoms with Crippen LogP contribution in [-0.2, 0) is 5.75 Å². The van der Waals surface area contributed by atoms with E-state index in [2.05, 4.69) is 5.32 Å². The van der Waals surface area contributed by atoms with Crippen molar-refractivity contribution in [3.8, 4) is 5.75 Å². The van der Waals surface area contributed by atoms with Crippen molar-refractivity contribution in [2.75, 3.05) is 12.4 Å². The van der Waals surface area contributed by atoms with Crippen molar-refractivity contribution in [1.82, 2.24) is 0 Å². The van der Waals surface area contributed by atoms with Gasteiger partial charge in [-0.3, -0.25) is 4.79 Å². The summed E-state index contributed by atoms with van der Waals surface area (Å²) < 4.78 is 10.7. The minimum atomic E-state index is -0.267. The molecule has 1 aromatic heterocycles. The summed E-state index contributed by atoms with van der Waals surface area (Å²) in [6, 6.07) is 20.8. The first-order valence-corrected chi connectivity index (χ1v) is 8.45. The number of furan rings is 1. The van der Waals surface area contributed by atoms with Crippen molar-refractivity contribution in [2.45, 2.75) is 10.6 Å². The Morgan fingerprint density at radius 1 is 1.04 bits per heavy atom. The Morgan fingerprint density at radius 2 is 1.79 bits per heavy atom. The number of amides is 1. The van der Waals surface area contributed by atoms with Crippen molar-refractivity contribution >= 4 is 23.4 Å². The highest BCUT2D eigenvalue weighted by Gasteiger charge is 2.12. The molecule has 0 aliphatic carbocycles. The molecule has 0 aliphatic rings. The van der Waals surface area contributed by atoms with Gasteiger partial charge in [0.15, 0.2) is 5.76 Å². The maximum absolute atomic E-state index is 12.2. The molecule has 3 rings (SSSR count). The summed E-state index contributed by atoms with van der Waals surface area (Å²) in [5.74, 6) is 2.22. The summed E-state index contributed by atoms with van der Waals surface area (Å²) in [6.07, 6.45) is 0. The van der Waals surface area contributed by atoms with Crippen LogP contribution in [0.4, 0.5) is 5.69 Å². The predicted molar refractivity (Wildman–Crippen MR) is 95.7 cm³/mol. The van der Waals surface area contributed by atoms with E-state index >= 15 is 0 Å². The summed E-state index contributed by atoms with van der Waals surface area (Å²) >= 11 is 1.67. The van der Waals surface area contributed by atoms with Crippen LogP contribution < -0.4 is 10.1 Å². The lowest BCUT2D eigenvalue weighted by Gasteiger charge is -2.04. The number of nitrogens with one attached hydrogen (secondary N) is 1. The first kappa shape index (κ1) is 16.2. The number of rotatable bonds is 6. The zero-order valence-electron chi connectivity index (χ0n) is 13.2. The van der Waals surface area contributed by atoms with Gasteiger partial charge in [0.05, 0.1) is 12.9 Å². The number of benzene rings is 2. The lowest BCUT2D eigenvalue weighted by atomic mass is 10.3. The van der Waals surface area contributed by atoms with E-state index in [4.69, 9.17) is 9.15 Å². The van der Waals surface area contributed by atoms with E-state index in [1.165, 1.54) is 0 Å². The van der Waals surface area contributed by atoms with Gasteiger partial charge in [-0.2, -0.15) is 0 Å². The molecule has 0 unspecified atom stereocenters. The highest BCUT2D eigenvalue weighted by molar-refractivity contribution is 7.98. The van der Waals surface area contributed by atoms with Crippen molar-refractivity contribution in [3.05, 3.63) is 78.3 Å². The number of ether oxygens (including phenoxy) is 1. The van der Waals surface area contributed by atoms with Crippen LogP contribution in [0, 0.1) is 0 Å². The van der Waals surface area contributed by atoms with Crippen LogP contribution in [0.2, 0.25) is 0 Å². The van der Waals surface area contributed by atoms with Crippen molar-refractivity contribution < 1.29 is 13.9 Å². The van der Waals surface area contributed by atoms with Crippen LogP contribution in [0.15, 0.2) is 76.0 Å². The molecule has 0 radical (unpaired) electrons. The molecule has 1 heterocycles. The molecule has 3 aromatic rings.